The van der Waals surface area contributed by atoms with E-state index < -0.39 is 13.3 Å². The molecule has 3 aromatic rings. The van der Waals surface area contributed by atoms with E-state index in [-0.39, 0.29) is 36.9 Å². The Balaban J connectivity index is 2.24. The third kappa shape index (κ3) is 6.22. The van der Waals surface area contributed by atoms with E-state index in [0.717, 1.165) is 22.5 Å². The molecule has 0 radical (unpaired) electrons. The van der Waals surface area contributed by atoms with E-state index in [0.29, 0.717) is 11.4 Å². The predicted molar refractivity (Wildman–Crippen MR) is 136 cm³/mol. The number of allylic oxidation sites excluding steroid dienone is 1. The molecule has 1 aromatic heterocycles. The first kappa shape index (κ1) is 26.3. The van der Waals surface area contributed by atoms with Crippen molar-refractivity contribution in [3.8, 4) is 17.3 Å². The fourth-order valence-electron chi connectivity index (χ4n) is 3.96. The van der Waals surface area contributed by atoms with Crippen molar-refractivity contribution in [2.75, 3.05) is 19.4 Å². The van der Waals surface area contributed by atoms with Crippen LogP contribution in [0.25, 0.3) is 16.6 Å². The molecule has 8 heteroatoms. The number of fused-ring (bicyclic) bond motifs is 1. The average molecular weight is 498 g/mol. The van der Waals surface area contributed by atoms with E-state index in [1.807, 2.05) is 42.7 Å². The van der Waals surface area contributed by atoms with Crippen LogP contribution in [0.5, 0.6) is 0 Å². The minimum absolute atomic E-state index is 0.0363. The number of aromatic nitrogens is 1. The van der Waals surface area contributed by atoms with Crippen LogP contribution in [0, 0.1) is 17.4 Å². The summed E-state index contributed by atoms with van der Waals surface area (Å²) in [4.78, 5) is 11.2. The van der Waals surface area contributed by atoms with Gasteiger partial charge >= 0.3 is 5.97 Å². The fraction of sp³-hybridized carbons (Fsp3) is 0.296. The highest BCUT2D eigenvalue weighted by Gasteiger charge is 2.25. The van der Waals surface area contributed by atoms with Gasteiger partial charge in [0.2, 0.25) is 0 Å². The lowest BCUT2D eigenvalue weighted by molar-refractivity contribution is -0.131. The Kier molecular flexibility index (Phi) is 8.56. The number of benzene rings is 2. The van der Waals surface area contributed by atoms with E-state index in [9.17, 15) is 13.8 Å². The number of hydrogen-bond acceptors (Lipinski definition) is 4. The summed E-state index contributed by atoms with van der Waals surface area (Å²) >= 11 is 0. The Morgan fingerprint density at radius 1 is 1.14 bits per heavy atom. The monoisotopic (exact) mass is 497 g/mol. The molecular weight excluding hydrogens is 468 g/mol. The van der Waals surface area contributed by atoms with Crippen LogP contribution >= 0.6 is 7.37 Å². The summed E-state index contributed by atoms with van der Waals surface area (Å²) in [6.45, 7) is 7.86. The minimum Gasteiger partial charge on any atom is -0.497 e. The number of carboxylic acid groups (broad SMARTS) is 1. The smallest absolute Gasteiger partial charge is 0.331 e. The SMILES string of the molecule is CCOC(=CC(=O)O)CP(=O)(C#Cc1c(C(C)C)c2ccccc2n1-c1ccc(F)cc1)OCC. The van der Waals surface area contributed by atoms with Gasteiger partial charge in [0.05, 0.1) is 31.0 Å². The summed E-state index contributed by atoms with van der Waals surface area (Å²) in [6, 6.07) is 13.9. The van der Waals surface area contributed by atoms with Crippen molar-refractivity contribution in [2.24, 2.45) is 0 Å². The summed E-state index contributed by atoms with van der Waals surface area (Å²) in [7, 11) is -3.63. The Hall–Kier alpha value is -3.33. The number of para-hydroxylation sites is 1. The second kappa shape index (κ2) is 11.4. The van der Waals surface area contributed by atoms with Gasteiger partial charge in [0, 0.05) is 11.1 Å². The molecule has 0 bridgehead atoms. The molecule has 184 valence electrons. The maximum absolute atomic E-state index is 13.7. The molecular formula is C27H29FNO5P. The lowest BCUT2D eigenvalue weighted by Crippen LogP contribution is -2.05. The normalized spacial score (nSPS) is 13.4. The molecule has 3 rings (SSSR count). The molecule has 2 aromatic carbocycles. The van der Waals surface area contributed by atoms with E-state index in [1.165, 1.54) is 12.1 Å². The second-order valence-corrected chi connectivity index (χ2v) is 10.3. The van der Waals surface area contributed by atoms with Crippen molar-refractivity contribution < 1.29 is 28.1 Å². The summed E-state index contributed by atoms with van der Waals surface area (Å²) in [6.07, 6.45) is 0.619. The summed E-state index contributed by atoms with van der Waals surface area (Å²) in [5.41, 5.74) is 6.01. The number of nitrogens with zero attached hydrogens (tertiary/aromatic N) is 1. The standard InChI is InChI=1S/C27H29FNO5P/c1-5-33-22(17-26(30)31)18-35(32,34-6-2)16-15-25-27(19(3)4)23-9-7-8-10-24(23)29(25)21-13-11-20(28)12-14-21/h7-14,17,19H,5-6,18H2,1-4H3,(H,30,31). The third-order valence-corrected chi connectivity index (χ3v) is 7.09. The molecule has 6 nitrogen and oxygen atoms in total. The van der Waals surface area contributed by atoms with Crippen molar-refractivity contribution >= 4 is 24.2 Å². The van der Waals surface area contributed by atoms with Crippen LogP contribution < -0.4 is 0 Å². The second-order valence-electron chi connectivity index (χ2n) is 8.11. The van der Waals surface area contributed by atoms with Crippen LogP contribution in [0.3, 0.4) is 0 Å². The van der Waals surface area contributed by atoms with E-state index in [2.05, 4.69) is 11.6 Å². The van der Waals surface area contributed by atoms with Crippen LogP contribution in [-0.2, 0) is 18.6 Å². The predicted octanol–water partition coefficient (Wildman–Crippen LogP) is 6.52. The number of rotatable bonds is 9. The molecule has 1 heterocycles. The van der Waals surface area contributed by atoms with Gasteiger partial charge in [0.1, 0.15) is 17.3 Å². The molecule has 0 aliphatic carbocycles. The van der Waals surface area contributed by atoms with Crippen LogP contribution in [0.1, 0.15) is 44.9 Å². The highest BCUT2D eigenvalue weighted by molar-refractivity contribution is 7.64. The Morgan fingerprint density at radius 2 is 1.83 bits per heavy atom. The first-order valence-corrected chi connectivity index (χ1v) is 13.2. The van der Waals surface area contributed by atoms with Crippen molar-refractivity contribution in [2.45, 2.75) is 33.6 Å². The lowest BCUT2D eigenvalue weighted by Gasteiger charge is -2.15. The Morgan fingerprint density at radius 3 is 2.43 bits per heavy atom. The van der Waals surface area contributed by atoms with Gasteiger partial charge in [-0.25, -0.2) is 9.18 Å². The Labute approximate surface area is 204 Å². The zero-order valence-electron chi connectivity index (χ0n) is 20.2. The highest BCUT2D eigenvalue weighted by atomic mass is 31.2. The molecule has 0 aliphatic rings. The molecule has 0 saturated carbocycles. The topological polar surface area (TPSA) is 77.8 Å². The van der Waals surface area contributed by atoms with Crippen molar-refractivity contribution in [1.29, 1.82) is 0 Å². The number of hydrogen-bond donors (Lipinski definition) is 1. The van der Waals surface area contributed by atoms with Gasteiger partial charge in [-0.15, -0.1) is 0 Å². The largest absolute Gasteiger partial charge is 0.497 e. The van der Waals surface area contributed by atoms with Crippen LogP contribution in [0.2, 0.25) is 0 Å². The Bertz CT molecular complexity index is 1350. The van der Waals surface area contributed by atoms with Gasteiger partial charge in [0.25, 0.3) is 7.37 Å². The van der Waals surface area contributed by atoms with Crippen LogP contribution in [0.4, 0.5) is 4.39 Å². The molecule has 0 saturated heterocycles. The number of carbonyl (C=O) groups is 1. The minimum atomic E-state index is -3.63. The quantitative estimate of drug-likeness (QED) is 0.158. The molecule has 0 amide bonds. The van der Waals surface area contributed by atoms with Crippen molar-refractivity contribution in [3.63, 3.8) is 0 Å². The van der Waals surface area contributed by atoms with Crippen LogP contribution in [-0.4, -0.2) is 35.0 Å². The summed E-state index contributed by atoms with van der Waals surface area (Å²) in [5, 5.41) is 10.1. The van der Waals surface area contributed by atoms with Gasteiger partial charge in [-0.05, 0) is 67.2 Å². The molecule has 1 N–H and O–H groups in total. The lowest BCUT2D eigenvalue weighted by atomic mass is 9.99. The van der Waals surface area contributed by atoms with E-state index >= 15 is 0 Å². The number of ether oxygens (including phenoxy) is 1. The number of aliphatic carboxylic acids is 1. The van der Waals surface area contributed by atoms with Gasteiger partial charge < -0.3 is 18.9 Å². The zero-order valence-corrected chi connectivity index (χ0v) is 21.1. The molecule has 0 fully saturated rings. The fourth-order valence-corrected chi connectivity index (χ4v) is 5.48. The maximum atomic E-state index is 13.7. The van der Waals surface area contributed by atoms with Gasteiger partial charge in [-0.1, -0.05) is 32.0 Å². The number of halogens is 1. The highest BCUT2D eigenvalue weighted by Crippen LogP contribution is 2.48. The molecule has 0 spiro atoms. The van der Waals surface area contributed by atoms with Gasteiger partial charge in [-0.2, -0.15) is 0 Å². The maximum Gasteiger partial charge on any atom is 0.331 e. The van der Waals surface area contributed by atoms with Crippen molar-refractivity contribution in [1.82, 2.24) is 4.57 Å². The van der Waals surface area contributed by atoms with Gasteiger partial charge in [-0.3, -0.25) is 4.57 Å². The molecule has 35 heavy (non-hydrogen) atoms. The number of carboxylic acids is 1. The van der Waals surface area contributed by atoms with E-state index in [1.54, 1.807) is 26.0 Å². The van der Waals surface area contributed by atoms with Crippen molar-refractivity contribution in [3.05, 3.63) is 77.4 Å². The zero-order chi connectivity index (χ0) is 25.6. The first-order valence-electron chi connectivity index (χ1n) is 11.4. The summed E-state index contributed by atoms with van der Waals surface area (Å²) in [5.74, 6) is 1.66. The van der Waals surface area contributed by atoms with Gasteiger partial charge in [0.15, 0.2) is 0 Å². The summed E-state index contributed by atoms with van der Waals surface area (Å²) < 4.78 is 40.2. The van der Waals surface area contributed by atoms with E-state index in [4.69, 9.17) is 14.4 Å². The molecule has 1 atom stereocenters. The first-order chi connectivity index (χ1) is 16.7. The average Bonchev–Trinajstić information content (AvgIpc) is 3.13. The molecule has 1 unspecified atom stereocenters. The third-order valence-electron chi connectivity index (χ3n) is 5.24. The van der Waals surface area contributed by atoms with Crippen LogP contribution in [0.15, 0.2) is 60.4 Å². The molecule has 0 aliphatic heterocycles.